The van der Waals surface area contributed by atoms with Crippen molar-refractivity contribution in [2.75, 3.05) is 26.2 Å². The van der Waals surface area contributed by atoms with Crippen LogP contribution in [0.15, 0.2) is 18.2 Å². The van der Waals surface area contributed by atoms with Gasteiger partial charge >= 0.3 is 5.97 Å². The van der Waals surface area contributed by atoms with Crippen molar-refractivity contribution in [1.82, 2.24) is 10.2 Å². The van der Waals surface area contributed by atoms with Crippen molar-refractivity contribution < 1.29 is 9.53 Å². The molecule has 4 heteroatoms. The average molecular weight is 286 g/mol. The van der Waals surface area contributed by atoms with Crippen LogP contribution in [-0.4, -0.2) is 49.2 Å². The van der Waals surface area contributed by atoms with Gasteiger partial charge in [0.25, 0.3) is 0 Å². The van der Waals surface area contributed by atoms with Gasteiger partial charge in [0.1, 0.15) is 6.10 Å². The van der Waals surface area contributed by atoms with Crippen molar-refractivity contribution in [3.05, 3.63) is 34.9 Å². The summed E-state index contributed by atoms with van der Waals surface area (Å²) in [5.74, 6) is 0.441. The zero-order valence-corrected chi connectivity index (χ0v) is 12.5. The zero-order valence-electron chi connectivity index (χ0n) is 12.5. The molecule has 0 aliphatic carbocycles. The molecule has 0 aromatic heterocycles. The molecule has 1 aromatic carbocycles. The summed E-state index contributed by atoms with van der Waals surface area (Å²) < 4.78 is 5.30. The van der Waals surface area contributed by atoms with E-state index in [0.29, 0.717) is 12.0 Å². The van der Waals surface area contributed by atoms with Crippen LogP contribution in [-0.2, 0) is 11.2 Å². The van der Waals surface area contributed by atoms with E-state index in [9.17, 15) is 4.79 Å². The summed E-state index contributed by atoms with van der Waals surface area (Å²) in [5, 5.41) is 3.49. The number of rotatable bonds is 1. The van der Waals surface area contributed by atoms with Gasteiger partial charge in [-0.1, -0.05) is 12.1 Å². The SMILES string of the molecule is CC1Cc2cc(C3CC4CNCCN4C3)ccc2C(=O)O1. The fourth-order valence-electron chi connectivity index (χ4n) is 4.04. The third-order valence-electron chi connectivity index (χ3n) is 5.12. The summed E-state index contributed by atoms with van der Waals surface area (Å²) >= 11 is 0. The maximum Gasteiger partial charge on any atom is 0.338 e. The smallest absolute Gasteiger partial charge is 0.338 e. The Morgan fingerprint density at radius 1 is 1.38 bits per heavy atom. The highest BCUT2D eigenvalue weighted by molar-refractivity contribution is 5.92. The Kier molecular flexibility index (Phi) is 3.23. The quantitative estimate of drug-likeness (QED) is 0.795. The lowest BCUT2D eigenvalue weighted by Gasteiger charge is -2.29. The van der Waals surface area contributed by atoms with E-state index in [1.807, 2.05) is 13.0 Å². The Morgan fingerprint density at radius 2 is 2.29 bits per heavy atom. The molecule has 0 radical (unpaired) electrons. The van der Waals surface area contributed by atoms with Crippen molar-refractivity contribution >= 4 is 5.97 Å². The summed E-state index contributed by atoms with van der Waals surface area (Å²) in [5.41, 5.74) is 3.32. The number of carbonyl (C=O) groups is 1. The van der Waals surface area contributed by atoms with Crippen molar-refractivity contribution in [1.29, 1.82) is 0 Å². The van der Waals surface area contributed by atoms with Crippen LogP contribution >= 0.6 is 0 Å². The molecule has 112 valence electrons. The van der Waals surface area contributed by atoms with Crippen molar-refractivity contribution in [2.45, 2.75) is 37.8 Å². The number of nitrogens with zero attached hydrogens (tertiary/aromatic N) is 1. The van der Waals surface area contributed by atoms with Crippen LogP contribution in [0, 0.1) is 0 Å². The molecule has 3 atom stereocenters. The minimum atomic E-state index is -0.164. The third kappa shape index (κ3) is 2.36. The number of fused-ring (bicyclic) bond motifs is 2. The highest BCUT2D eigenvalue weighted by atomic mass is 16.5. The number of benzene rings is 1. The van der Waals surface area contributed by atoms with E-state index in [0.717, 1.165) is 38.2 Å². The van der Waals surface area contributed by atoms with Gasteiger partial charge in [-0.05, 0) is 36.5 Å². The predicted octanol–water partition coefficient (Wildman–Crippen LogP) is 1.55. The Hall–Kier alpha value is -1.39. The number of cyclic esters (lactones) is 1. The molecular weight excluding hydrogens is 264 g/mol. The summed E-state index contributed by atoms with van der Waals surface area (Å²) in [6, 6.07) is 7.04. The van der Waals surface area contributed by atoms with Gasteiger partial charge < -0.3 is 10.1 Å². The van der Waals surface area contributed by atoms with Gasteiger partial charge in [-0.3, -0.25) is 4.90 Å². The van der Waals surface area contributed by atoms with Gasteiger partial charge in [-0.25, -0.2) is 4.79 Å². The first-order valence-electron chi connectivity index (χ1n) is 7.99. The molecule has 1 aromatic rings. The molecule has 2 saturated heterocycles. The Morgan fingerprint density at radius 3 is 3.14 bits per heavy atom. The van der Waals surface area contributed by atoms with Gasteiger partial charge in [0, 0.05) is 38.6 Å². The highest BCUT2D eigenvalue weighted by Gasteiger charge is 2.34. The summed E-state index contributed by atoms with van der Waals surface area (Å²) in [6.07, 6.45) is 2.07. The number of ether oxygens (including phenoxy) is 1. The molecule has 0 saturated carbocycles. The van der Waals surface area contributed by atoms with Crippen molar-refractivity contribution in [3.63, 3.8) is 0 Å². The Labute approximate surface area is 125 Å². The molecule has 0 spiro atoms. The van der Waals surface area contributed by atoms with E-state index in [2.05, 4.69) is 22.3 Å². The van der Waals surface area contributed by atoms with E-state index in [-0.39, 0.29) is 12.1 Å². The number of carbonyl (C=O) groups excluding carboxylic acids is 1. The highest BCUT2D eigenvalue weighted by Crippen LogP contribution is 2.34. The Balaban J connectivity index is 1.59. The zero-order chi connectivity index (χ0) is 14.4. The molecule has 0 amide bonds. The molecular formula is C17H22N2O2. The second kappa shape index (κ2) is 5.11. The van der Waals surface area contributed by atoms with Gasteiger partial charge in [-0.2, -0.15) is 0 Å². The summed E-state index contributed by atoms with van der Waals surface area (Å²) in [7, 11) is 0. The lowest BCUT2D eigenvalue weighted by Crippen LogP contribution is -2.47. The van der Waals surface area contributed by atoms with Crippen LogP contribution in [0.3, 0.4) is 0 Å². The molecule has 21 heavy (non-hydrogen) atoms. The van der Waals surface area contributed by atoms with Crippen LogP contribution < -0.4 is 5.32 Å². The lowest BCUT2D eigenvalue weighted by molar-refractivity contribution is 0.0301. The van der Waals surface area contributed by atoms with Gasteiger partial charge in [0.05, 0.1) is 5.56 Å². The molecule has 0 bridgehead atoms. The number of hydrogen-bond donors (Lipinski definition) is 1. The maximum absolute atomic E-state index is 11.9. The van der Waals surface area contributed by atoms with Gasteiger partial charge in [0.15, 0.2) is 0 Å². The van der Waals surface area contributed by atoms with E-state index in [1.54, 1.807) is 0 Å². The van der Waals surface area contributed by atoms with Crippen LogP contribution in [0.1, 0.15) is 40.7 Å². The predicted molar refractivity (Wildman–Crippen MR) is 80.6 cm³/mol. The second-order valence-corrected chi connectivity index (χ2v) is 6.62. The van der Waals surface area contributed by atoms with Crippen LogP contribution in [0.5, 0.6) is 0 Å². The first-order valence-corrected chi connectivity index (χ1v) is 7.99. The van der Waals surface area contributed by atoms with E-state index < -0.39 is 0 Å². The van der Waals surface area contributed by atoms with Gasteiger partial charge in [0.2, 0.25) is 0 Å². The minimum Gasteiger partial charge on any atom is -0.459 e. The minimum absolute atomic E-state index is 0.000594. The fraction of sp³-hybridized carbons (Fsp3) is 0.588. The number of esters is 1. The molecule has 3 heterocycles. The van der Waals surface area contributed by atoms with Crippen LogP contribution in [0.25, 0.3) is 0 Å². The average Bonchev–Trinajstić information content (AvgIpc) is 2.90. The van der Waals surface area contributed by atoms with Crippen molar-refractivity contribution in [3.8, 4) is 0 Å². The number of hydrogen-bond acceptors (Lipinski definition) is 4. The first-order chi connectivity index (χ1) is 10.2. The molecule has 1 N–H and O–H groups in total. The van der Waals surface area contributed by atoms with Crippen LogP contribution in [0.2, 0.25) is 0 Å². The van der Waals surface area contributed by atoms with Gasteiger partial charge in [-0.15, -0.1) is 0 Å². The number of nitrogens with one attached hydrogen (secondary N) is 1. The first kappa shape index (κ1) is 13.3. The normalized spacial score (nSPS) is 32.4. The standard InChI is InChI=1S/C17H22N2O2/c1-11-6-13-7-12(2-3-16(13)17(20)21-11)14-8-15-9-18-4-5-19(15)10-14/h2-3,7,11,14-15,18H,4-6,8-10H2,1H3. The van der Waals surface area contributed by atoms with E-state index in [1.165, 1.54) is 17.5 Å². The third-order valence-corrected chi connectivity index (χ3v) is 5.12. The second-order valence-electron chi connectivity index (χ2n) is 6.62. The van der Waals surface area contributed by atoms with Crippen LogP contribution in [0.4, 0.5) is 0 Å². The largest absolute Gasteiger partial charge is 0.459 e. The lowest BCUT2D eigenvalue weighted by atomic mass is 9.90. The molecule has 2 fully saturated rings. The fourth-order valence-corrected chi connectivity index (χ4v) is 4.04. The van der Waals surface area contributed by atoms with E-state index >= 15 is 0 Å². The van der Waals surface area contributed by atoms with Crippen molar-refractivity contribution in [2.24, 2.45) is 0 Å². The summed E-state index contributed by atoms with van der Waals surface area (Å²) in [4.78, 5) is 14.5. The molecule has 4 nitrogen and oxygen atoms in total. The molecule has 3 aliphatic rings. The molecule has 4 rings (SSSR count). The number of piperazine rings is 1. The monoisotopic (exact) mass is 286 g/mol. The summed E-state index contributed by atoms with van der Waals surface area (Å²) in [6.45, 7) is 6.51. The molecule has 3 aliphatic heterocycles. The maximum atomic E-state index is 11.9. The van der Waals surface area contributed by atoms with E-state index in [4.69, 9.17) is 4.74 Å². The molecule has 3 unspecified atom stereocenters. The Bertz CT molecular complexity index is 558. The topological polar surface area (TPSA) is 41.6 Å².